The van der Waals surface area contributed by atoms with Crippen molar-refractivity contribution in [2.45, 2.75) is 6.92 Å². The van der Waals surface area contributed by atoms with Crippen LogP contribution in [0.15, 0.2) is 0 Å². The topological polar surface area (TPSA) is 65.0 Å². The van der Waals surface area contributed by atoms with Gasteiger partial charge in [-0.05, 0) is 6.92 Å². The van der Waals surface area contributed by atoms with Gasteiger partial charge in [-0.25, -0.2) is 14.6 Å². The fourth-order valence-corrected chi connectivity index (χ4v) is 0.123. The van der Waals surface area contributed by atoms with Gasteiger partial charge in [-0.1, -0.05) is 0 Å². The molecule has 0 spiro atoms. The molecule has 0 aliphatic rings. The number of carboxylic acid groups (broad SMARTS) is 1. The molecule has 0 rings (SSSR count). The molecule has 0 atom stereocenters. The Morgan fingerprint density at radius 1 is 1.40 bits per heavy atom. The zero-order chi connectivity index (χ0) is 8.41. The molecule has 0 fully saturated rings. The van der Waals surface area contributed by atoms with Crippen molar-refractivity contribution in [3.8, 4) is 0 Å². The fraction of sp³-hybridized carbons (Fsp3) is 0.800. The van der Waals surface area contributed by atoms with Crippen LogP contribution in [0.25, 0.3) is 0 Å². The Labute approximate surface area is 59.4 Å². The average Bonchev–Trinajstić information content (AvgIpc) is 1.89. The van der Waals surface area contributed by atoms with Crippen molar-refractivity contribution in [2.24, 2.45) is 0 Å². The normalized spacial score (nSPS) is 7.50. The summed E-state index contributed by atoms with van der Waals surface area (Å²) in [4.78, 5) is 17.5. The van der Waals surface area contributed by atoms with Gasteiger partial charge in [-0.2, -0.15) is 0 Å². The first-order valence-corrected chi connectivity index (χ1v) is 2.61. The molecule has 0 aromatic heterocycles. The summed E-state index contributed by atoms with van der Waals surface area (Å²) in [5, 5.41) is 7.69. The SMILES string of the molecule is CCOC(=O)O.COOC. The van der Waals surface area contributed by atoms with Gasteiger partial charge in [0.1, 0.15) is 0 Å². The lowest BCUT2D eigenvalue weighted by Gasteiger charge is -1.87. The van der Waals surface area contributed by atoms with Crippen LogP contribution in [0.1, 0.15) is 6.92 Å². The molecule has 62 valence electrons. The number of carbonyl (C=O) groups is 1. The van der Waals surface area contributed by atoms with Gasteiger partial charge in [0, 0.05) is 0 Å². The number of hydrogen-bond acceptors (Lipinski definition) is 4. The molecular formula is C5H12O5. The monoisotopic (exact) mass is 152 g/mol. The minimum atomic E-state index is -1.21. The van der Waals surface area contributed by atoms with Crippen molar-refractivity contribution < 1.29 is 24.4 Å². The zero-order valence-electron chi connectivity index (χ0n) is 6.29. The van der Waals surface area contributed by atoms with Gasteiger partial charge in [0.15, 0.2) is 0 Å². The van der Waals surface area contributed by atoms with E-state index in [0.29, 0.717) is 0 Å². The molecule has 0 unspecified atom stereocenters. The van der Waals surface area contributed by atoms with E-state index in [1.165, 1.54) is 14.2 Å². The van der Waals surface area contributed by atoms with Crippen LogP contribution in [-0.4, -0.2) is 32.1 Å². The van der Waals surface area contributed by atoms with Gasteiger partial charge >= 0.3 is 6.16 Å². The van der Waals surface area contributed by atoms with E-state index in [1.807, 2.05) is 0 Å². The quantitative estimate of drug-likeness (QED) is 0.361. The van der Waals surface area contributed by atoms with Crippen molar-refractivity contribution >= 4 is 6.16 Å². The van der Waals surface area contributed by atoms with E-state index in [1.54, 1.807) is 6.92 Å². The molecule has 0 aromatic carbocycles. The molecule has 5 nitrogen and oxygen atoms in total. The van der Waals surface area contributed by atoms with Crippen LogP contribution in [0.5, 0.6) is 0 Å². The molecule has 0 aliphatic carbocycles. The molecule has 0 aliphatic heterocycles. The van der Waals surface area contributed by atoms with E-state index in [0.717, 1.165) is 0 Å². The average molecular weight is 152 g/mol. The van der Waals surface area contributed by atoms with Gasteiger partial charge in [0.05, 0.1) is 20.8 Å². The summed E-state index contributed by atoms with van der Waals surface area (Å²) in [6.07, 6.45) is -1.21. The largest absolute Gasteiger partial charge is 0.505 e. The highest BCUT2D eigenvalue weighted by atomic mass is 17.2. The second kappa shape index (κ2) is 11.0. The summed E-state index contributed by atoms with van der Waals surface area (Å²) < 4.78 is 3.96. The minimum absolute atomic E-state index is 0.231. The fourth-order valence-electron chi connectivity index (χ4n) is 0.123. The second-order valence-electron chi connectivity index (χ2n) is 1.03. The molecule has 0 amide bonds. The lowest BCUT2D eigenvalue weighted by atomic mass is 10.9. The molecule has 0 bridgehead atoms. The maximum atomic E-state index is 9.38. The summed E-state index contributed by atoms with van der Waals surface area (Å²) in [5.74, 6) is 0. The van der Waals surface area contributed by atoms with Crippen molar-refractivity contribution in [1.82, 2.24) is 0 Å². The summed E-state index contributed by atoms with van der Waals surface area (Å²) in [6.45, 7) is 1.85. The first kappa shape index (κ1) is 11.9. The maximum absolute atomic E-state index is 9.38. The van der Waals surface area contributed by atoms with Gasteiger partial charge < -0.3 is 9.84 Å². The van der Waals surface area contributed by atoms with E-state index in [9.17, 15) is 4.79 Å². The van der Waals surface area contributed by atoms with E-state index in [-0.39, 0.29) is 6.61 Å². The molecule has 0 heterocycles. The van der Waals surface area contributed by atoms with Crippen LogP contribution in [0.2, 0.25) is 0 Å². The Hall–Kier alpha value is -0.810. The highest BCUT2D eigenvalue weighted by Crippen LogP contribution is 1.69. The summed E-state index contributed by atoms with van der Waals surface area (Å²) in [5.41, 5.74) is 0. The van der Waals surface area contributed by atoms with Crippen LogP contribution in [0.4, 0.5) is 4.79 Å². The standard InChI is InChI=1S/C3H6O3.C2H6O2/c1-2-6-3(4)5;1-3-4-2/h2H2,1H3,(H,4,5);1-2H3. The van der Waals surface area contributed by atoms with E-state index < -0.39 is 6.16 Å². The Morgan fingerprint density at radius 3 is 1.80 bits per heavy atom. The first-order valence-electron chi connectivity index (χ1n) is 2.61. The third kappa shape index (κ3) is 27.1. The van der Waals surface area contributed by atoms with Crippen molar-refractivity contribution in [1.29, 1.82) is 0 Å². The number of ether oxygens (including phenoxy) is 1. The molecule has 0 aromatic rings. The molecule has 0 radical (unpaired) electrons. The molecule has 5 heteroatoms. The lowest BCUT2D eigenvalue weighted by Crippen LogP contribution is -1.97. The minimum Gasteiger partial charge on any atom is -0.450 e. The third-order valence-electron chi connectivity index (χ3n) is 0.434. The Kier molecular flexibility index (Phi) is 13.2. The van der Waals surface area contributed by atoms with Crippen LogP contribution in [0.3, 0.4) is 0 Å². The number of hydrogen-bond donors (Lipinski definition) is 1. The van der Waals surface area contributed by atoms with E-state index in [2.05, 4.69) is 14.5 Å². The Morgan fingerprint density at radius 2 is 1.80 bits per heavy atom. The van der Waals surface area contributed by atoms with Crippen LogP contribution in [-0.2, 0) is 14.5 Å². The van der Waals surface area contributed by atoms with Gasteiger partial charge in [0.25, 0.3) is 0 Å². The predicted molar refractivity (Wildman–Crippen MR) is 33.7 cm³/mol. The summed E-state index contributed by atoms with van der Waals surface area (Å²) in [6, 6.07) is 0. The summed E-state index contributed by atoms with van der Waals surface area (Å²) >= 11 is 0. The maximum Gasteiger partial charge on any atom is 0.505 e. The Balaban J connectivity index is 0. The van der Waals surface area contributed by atoms with Crippen LogP contribution in [0, 0.1) is 0 Å². The highest BCUT2D eigenvalue weighted by Gasteiger charge is 1.86. The third-order valence-corrected chi connectivity index (χ3v) is 0.434. The Bertz CT molecular complexity index is 70.4. The van der Waals surface area contributed by atoms with Crippen molar-refractivity contribution in [3.05, 3.63) is 0 Å². The molecule has 10 heavy (non-hydrogen) atoms. The lowest BCUT2D eigenvalue weighted by molar-refractivity contribution is -0.248. The first-order chi connectivity index (χ1) is 4.68. The molecular weight excluding hydrogens is 140 g/mol. The molecule has 1 N–H and O–H groups in total. The zero-order valence-corrected chi connectivity index (χ0v) is 6.29. The van der Waals surface area contributed by atoms with Gasteiger partial charge in [-0.15, -0.1) is 0 Å². The van der Waals surface area contributed by atoms with Crippen molar-refractivity contribution in [3.63, 3.8) is 0 Å². The van der Waals surface area contributed by atoms with Gasteiger partial charge in [0.2, 0.25) is 0 Å². The van der Waals surface area contributed by atoms with Crippen LogP contribution < -0.4 is 0 Å². The van der Waals surface area contributed by atoms with Crippen molar-refractivity contribution in [2.75, 3.05) is 20.8 Å². The molecule has 0 saturated carbocycles. The molecule has 0 saturated heterocycles. The smallest absolute Gasteiger partial charge is 0.450 e. The number of rotatable bonds is 2. The van der Waals surface area contributed by atoms with Gasteiger partial charge in [-0.3, -0.25) is 0 Å². The summed E-state index contributed by atoms with van der Waals surface area (Å²) in [7, 11) is 2.92. The predicted octanol–water partition coefficient (Wildman–Crippen LogP) is 0.895. The van der Waals surface area contributed by atoms with E-state index in [4.69, 9.17) is 5.11 Å². The second-order valence-corrected chi connectivity index (χ2v) is 1.03. The van der Waals surface area contributed by atoms with Crippen LogP contribution >= 0.6 is 0 Å². The highest BCUT2D eigenvalue weighted by molar-refractivity contribution is 5.56. The van der Waals surface area contributed by atoms with E-state index >= 15 is 0 Å².